The highest BCUT2D eigenvalue weighted by Crippen LogP contribution is 2.46. The van der Waals surface area contributed by atoms with Gasteiger partial charge in [0.25, 0.3) is 0 Å². The summed E-state index contributed by atoms with van der Waals surface area (Å²) in [5.74, 6) is 0.445. The summed E-state index contributed by atoms with van der Waals surface area (Å²) in [5.41, 5.74) is 1.58. The number of hydrogen-bond donors (Lipinski definition) is 3. The van der Waals surface area contributed by atoms with Crippen molar-refractivity contribution in [2.75, 3.05) is 34.5 Å². The van der Waals surface area contributed by atoms with E-state index in [0.717, 1.165) is 11.1 Å². The van der Waals surface area contributed by atoms with Crippen molar-refractivity contribution in [3.63, 3.8) is 0 Å². The predicted octanol–water partition coefficient (Wildman–Crippen LogP) is 2.80. The van der Waals surface area contributed by atoms with Gasteiger partial charge in [-0.2, -0.15) is 0 Å². The molecule has 0 spiro atoms. The summed E-state index contributed by atoms with van der Waals surface area (Å²) in [6, 6.07) is 10.1. The molecule has 2 aromatic rings. The number of phenolic OH excluding ortho intramolecular Hbond substituents is 2. The average Bonchev–Trinajstić information content (AvgIpc) is 3.13. The van der Waals surface area contributed by atoms with Crippen LogP contribution in [0.5, 0.6) is 23.0 Å². The van der Waals surface area contributed by atoms with E-state index in [-0.39, 0.29) is 42.1 Å². The van der Waals surface area contributed by atoms with Crippen LogP contribution in [-0.2, 0) is 9.47 Å². The fourth-order valence-electron chi connectivity index (χ4n) is 3.89. The molecule has 0 bridgehead atoms. The van der Waals surface area contributed by atoms with Gasteiger partial charge >= 0.3 is 0 Å². The Kier molecular flexibility index (Phi) is 6.28. The largest absolute Gasteiger partial charge is 0.504 e. The lowest BCUT2D eigenvalue weighted by atomic mass is 9.82. The van der Waals surface area contributed by atoms with Gasteiger partial charge in [-0.05, 0) is 35.4 Å². The van der Waals surface area contributed by atoms with Crippen LogP contribution in [0.3, 0.4) is 0 Å². The second-order valence-electron chi connectivity index (χ2n) is 6.78. The van der Waals surface area contributed by atoms with Crippen LogP contribution in [0.25, 0.3) is 0 Å². The Morgan fingerprint density at radius 2 is 1.75 bits per heavy atom. The maximum absolute atomic E-state index is 10.1. The van der Waals surface area contributed by atoms with E-state index in [2.05, 4.69) is 0 Å². The molecule has 1 saturated heterocycles. The molecule has 1 fully saturated rings. The van der Waals surface area contributed by atoms with Crippen molar-refractivity contribution < 1.29 is 34.3 Å². The molecule has 0 amide bonds. The molecule has 7 heteroatoms. The van der Waals surface area contributed by atoms with E-state index >= 15 is 0 Å². The number of methoxy groups -OCH3 is 3. The molecule has 1 heterocycles. The Morgan fingerprint density at radius 1 is 1.00 bits per heavy atom. The molecule has 3 N–H and O–H groups in total. The summed E-state index contributed by atoms with van der Waals surface area (Å²) in [7, 11) is 4.57. The van der Waals surface area contributed by atoms with Gasteiger partial charge in [-0.25, -0.2) is 0 Å². The first-order valence-corrected chi connectivity index (χ1v) is 9.03. The summed E-state index contributed by atoms with van der Waals surface area (Å²) in [6.45, 7) is 0.283. The number of rotatable bonds is 7. The zero-order valence-corrected chi connectivity index (χ0v) is 16.2. The van der Waals surface area contributed by atoms with Crippen molar-refractivity contribution >= 4 is 0 Å². The van der Waals surface area contributed by atoms with Gasteiger partial charge in [0.05, 0.1) is 33.0 Å². The molecular formula is C21H26O7. The maximum Gasteiger partial charge on any atom is 0.160 e. The lowest BCUT2D eigenvalue weighted by molar-refractivity contribution is 0.0242. The Balaban J connectivity index is 1.88. The predicted molar refractivity (Wildman–Crippen MR) is 102 cm³/mol. The number of aliphatic hydroxyl groups is 1. The minimum Gasteiger partial charge on any atom is -0.504 e. The van der Waals surface area contributed by atoms with Crippen molar-refractivity contribution in [3.05, 3.63) is 47.5 Å². The topological polar surface area (TPSA) is 97.6 Å². The molecule has 0 aromatic heterocycles. The van der Waals surface area contributed by atoms with Crippen LogP contribution in [0, 0.1) is 11.8 Å². The van der Waals surface area contributed by atoms with Gasteiger partial charge in [0.1, 0.15) is 0 Å². The molecule has 28 heavy (non-hydrogen) atoms. The summed E-state index contributed by atoms with van der Waals surface area (Å²) in [6.07, 6.45) is -0.744. The minimum atomic E-state index is -0.377. The number of hydrogen-bond acceptors (Lipinski definition) is 7. The molecule has 1 aliphatic rings. The Bertz CT molecular complexity index is 807. The molecule has 2 aromatic carbocycles. The van der Waals surface area contributed by atoms with Gasteiger partial charge in [-0.1, -0.05) is 12.1 Å². The van der Waals surface area contributed by atoms with Crippen LogP contribution < -0.4 is 9.47 Å². The molecular weight excluding hydrogens is 364 g/mol. The lowest BCUT2D eigenvalue weighted by Gasteiger charge is -2.28. The zero-order chi connectivity index (χ0) is 20.3. The van der Waals surface area contributed by atoms with Crippen molar-refractivity contribution in [1.29, 1.82) is 0 Å². The van der Waals surface area contributed by atoms with E-state index in [9.17, 15) is 15.3 Å². The van der Waals surface area contributed by atoms with Gasteiger partial charge in [0, 0.05) is 25.6 Å². The van der Waals surface area contributed by atoms with Crippen molar-refractivity contribution in [3.8, 4) is 23.0 Å². The van der Waals surface area contributed by atoms with Gasteiger partial charge in [-0.15, -0.1) is 0 Å². The second-order valence-corrected chi connectivity index (χ2v) is 6.78. The Hall–Kier alpha value is -2.48. The SMILES string of the molecule is COc1ccc([C@@H](OC)[C@@H]2CO[C@H](c3ccc(O)c(OC)c3)[C@H]2CO)cc1O. The molecule has 1 aliphatic heterocycles. The lowest BCUT2D eigenvalue weighted by Crippen LogP contribution is -2.26. The quantitative estimate of drug-likeness (QED) is 0.669. The molecule has 3 rings (SSSR count). The number of aliphatic hydroxyl groups excluding tert-OH is 1. The molecule has 0 aliphatic carbocycles. The fraction of sp³-hybridized carbons (Fsp3) is 0.429. The number of benzene rings is 2. The van der Waals surface area contributed by atoms with E-state index in [4.69, 9.17) is 18.9 Å². The van der Waals surface area contributed by atoms with Crippen LogP contribution in [-0.4, -0.2) is 49.9 Å². The standard InChI is InChI=1S/C21H26O7/c1-25-18-7-5-12(8-17(18)24)20(27-3)15-11-28-21(14(15)10-22)13-4-6-16(23)19(9-13)26-2/h4-9,14-15,20-24H,10-11H2,1-3H3/t14-,15+,20+,21+/m0/s1. The monoisotopic (exact) mass is 390 g/mol. The molecule has 0 saturated carbocycles. The molecule has 0 unspecified atom stereocenters. The Morgan fingerprint density at radius 3 is 2.36 bits per heavy atom. The van der Waals surface area contributed by atoms with Gasteiger partial charge < -0.3 is 34.3 Å². The molecule has 152 valence electrons. The average molecular weight is 390 g/mol. The molecule has 4 atom stereocenters. The highest BCUT2D eigenvalue weighted by atomic mass is 16.5. The first kappa shape index (κ1) is 20.3. The van der Waals surface area contributed by atoms with E-state index in [0.29, 0.717) is 18.1 Å². The smallest absolute Gasteiger partial charge is 0.160 e. The maximum atomic E-state index is 10.1. The number of phenols is 2. The fourth-order valence-corrected chi connectivity index (χ4v) is 3.89. The van der Waals surface area contributed by atoms with E-state index < -0.39 is 0 Å². The zero-order valence-electron chi connectivity index (χ0n) is 16.2. The van der Waals surface area contributed by atoms with Crippen LogP contribution in [0.4, 0.5) is 0 Å². The third-order valence-corrected chi connectivity index (χ3v) is 5.32. The van der Waals surface area contributed by atoms with Gasteiger partial charge in [-0.3, -0.25) is 0 Å². The Labute approximate surface area is 164 Å². The van der Waals surface area contributed by atoms with Crippen LogP contribution in [0.2, 0.25) is 0 Å². The van der Waals surface area contributed by atoms with E-state index in [1.807, 2.05) is 6.07 Å². The first-order valence-electron chi connectivity index (χ1n) is 9.03. The van der Waals surface area contributed by atoms with Crippen molar-refractivity contribution in [2.45, 2.75) is 12.2 Å². The van der Waals surface area contributed by atoms with Gasteiger partial charge in [0.2, 0.25) is 0 Å². The van der Waals surface area contributed by atoms with E-state index in [1.165, 1.54) is 14.2 Å². The number of ether oxygens (including phenoxy) is 4. The minimum absolute atomic E-state index is 0.0290. The summed E-state index contributed by atoms with van der Waals surface area (Å²) < 4.78 is 22.0. The van der Waals surface area contributed by atoms with Crippen LogP contribution in [0.1, 0.15) is 23.3 Å². The first-order chi connectivity index (χ1) is 13.5. The summed E-state index contributed by atoms with van der Waals surface area (Å²) in [4.78, 5) is 0. The summed E-state index contributed by atoms with van der Waals surface area (Å²) in [5, 5.41) is 30.0. The molecule has 7 nitrogen and oxygen atoms in total. The third-order valence-electron chi connectivity index (χ3n) is 5.32. The normalized spacial score (nSPS) is 22.8. The summed E-state index contributed by atoms with van der Waals surface area (Å²) >= 11 is 0. The van der Waals surface area contributed by atoms with Crippen LogP contribution in [0.15, 0.2) is 36.4 Å². The highest BCUT2D eigenvalue weighted by molar-refractivity contribution is 5.44. The highest BCUT2D eigenvalue weighted by Gasteiger charge is 2.43. The van der Waals surface area contributed by atoms with Gasteiger partial charge in [0.15, 0.2) is 23.0 Å². The van der Waals surface area contributed by atoms with Crippen molar-refractivity contribution in [2.24, 2.45) is 11.8 Å². The van der Waals surface area contributed by atoms with E-state index in [1.54, 1.807) is 37.4 Å². The third kappa shape index (κ3) is 3.73. The van der Waals surface area contributed by atoms with Crippen molar-refractivity contribution in [1.82, 2.24) is 0 Å². The van der Waals surface area contributed by atoms with Crippen LogP contribution >= 0.6 is 0 Å². The molecule has 0 radical (unpaired) electrons. The second kappa shape index (κ2) is 8.68. The number of aromatic hydroxyl groups is 2.